The van der Waals surface area contributed by atoms with Gasteiger partial charge in [-0.05, 0) is 42.8 Å². The lowest BCUT2D eigenvalue weighted by molar-refractivity contribution is 0.222. The van der Waals surface area contributed by atoms with Crippen molar-refractivity contribution in [2.45, 2.75) is 19.1 Å². The predicted molar refractivity (Wildman–Crippen MR) is 134 cm³/mol. The largest absolute Gasteiger partial charge is 0.493 e. The molecule has 8 heteroatoms. The van der Waals surface area contributed by atoms with Gasteiger partial charge >= 0.3 is 0 Å². The molecule has 0 radical (unpaired) electrons. The Balaban J connectivity index is 1.61. The minimum absolute atomic E-state index is 0.241. The minimum atomic E-state index is -0.422. The Hall–Kier alpha value is -3.97. The van der Waals surface area contributed by atoms with Crippen molar-refractivity contribution < 1.29 is 14.2 Å². The van der Waals surface area contributed by atoms with Gasteiger partial charge < -0.3 is 19.5 Å². The second-order valence-corrected chi connectivity index (χ2v) is 8.99. The smallest absolute Gasteiger partial charge is 0.226 e. The fourth-order valence-electron chi connectivity index (χ4n) is 4.80. The monoisotopic (exact) mass is 486 g/mol. The highest BCUT2D eigenvalue weighted by molar-refractivity contribution is 6.30. The lowest BCUT2D eigenvalue weighted by atomic mass is 9.84. The van der Waals surface area contributed by atoms with Crippen LogP contribution in [0.25, 0.3) is 5.70 Å². The van der Waals surface area contributed by atoms with Crippen LogP contribution in [-0.4, -0.2) is 29.0 Å². The molecule has 3 aromatic carbocycles. The van der Waals surface area contributed by atoms with Crippen LogP contribution in [-0.2, 0) is 0 Å². The number of aromatic nitrogens is 3. The van der Waals surface area contributed by atoms with Gasteiger partial charge in [0.15, 0.2) is 11.5 Å². The molecule has 0 unspecified atom stereocenters. The van der Waals surface area contributed by atoms with E-state index in [2.05, 4.69) is 46.6 Å². The molecule has 7 nitrogen and oxygen atoms in total. The van der Waals surface area contributed by atoms with Crippen LogP contribution in [0.4, 0.5) is 5.95 Å². The number of anilines is 1. The first-order valence-electron chi connectivity index (χ1n) is 11.2. The molecule has 2 aliphatic heterocycles. The summed E-state index contributed by atoms with van der Waals surface area (Å²) in [5.74, 6) is 2.68. The molecular formula is C27H23ClN4O3. The second-order valence-electron chi connectivity index (χ2n) is 8.55. The predicted octanol–water partition coefficient (Wildman–Crippen LogP) is 5.82. The molecule has 0 saturated carbocycles. The molecule has 2 aliphatic rings. The third kappa shape index (κ3) is 3.51. The molecule has 176 valence electrons. The van der Waals surface area contributed by atoms with Gasteiger partial charge in [-0.2, -0.15) is 10.1 Å². The SMILES string of the molecule is COc1ccc([C@H]2Oc3ccc(Cl)cc3C3=C2[C@H](c2ccc(C)cc2)n2ncnc2N3)cc1OC. The highest BCUT2D eigenvalue weighted by atomic mass is 35.5. The summed E-state index contributed by atoms with van der Waals surface area (Å²) in [6.07, 6.45) is 1.14. The van der Waals surface area contributed by atoms with Crippen molar-refractivity contribution in [1.29, 1.82) is 0 Å². The number of rotatable bonds is 4. The van der Waals surface area contributed by atoms with Crippen LogP contribution in [0.2, 0.25) is 5.02 Å². The fourth-order valence-corrected chi connectivity index (χ4v) is 4.97. The molecule has 0 spiro atoms. The zero-order valence-electron chi connectivity index (χ0n) is 19.4. The summed E-state index contributed by atoms with van der Waals surface area (Å²) in [5, 5.41) is 8.70. The number of benzene rings is 3. The molecule has 3 heterocycles. The Morgan fingerprint density at radius 1 is 0.943 bits per heavy atom. The molecule has 2 atom stereocenters. The maximum atomic E-state index is 6.67. The number of fused-ring (bicyclic) bond motifs is 3. The number of nitrogens with zero attached hydrogens (tertiary/aromatic N) is 3. The molecule has 4 aromatic rings. The van der Waals surface area contributed by atoms with Gasteiger partial charge in [-0.25, -0.2) is 4.68 Å². The van der Waals surface area contributed by atoms with E-state index in [9.17, 15) is 0 Å². The summed E-state index contributed by atoms with van der Waals surface area (Å²) in [7, 11) is 3.25. The van der Waals surface area contributed by atoms with Gasteiger partial charge in [0.2, 0.25) is 5.95 Å². The second kappa shape index (κ2) is 8.36. The number of nitrogens with one attached hydrogen (secondary N) is 1. The maximum absolute atomic E-state index is 6.67. The van der Waals surface area contributed by atoms with E-state index in [1.54, 1.807) is 20.5 Å². The van der Waals surface area contributed by atoms with E-state index in [1.807, 2.05) is 41.1 Å². The van der Waals surface area contributed by atoms with Crippen LogP contribution in [0.5, 0.6) is 17.2 Å². The number of aryl methyl sites for hydroxylation is 1. The Morgan fingerprint density at radius 2 is 1.71 bits per heavy atom. The molecular weight excluding hydrogens is 464 g/mol. The minimum Gasteiger partial charge on any atom is -0.493 e. The molecule has 1 N–H and O–H groups in total. The van der Waals surface area contributed by atoms with Gasteiger partial charge in [0.25, 0.3) is 0 Å². The lowest BCUT2D eigenvalue weighted by Gasteiger charge is -2.39. The van der Waals surface area contributed by atoms with Crippen molar-refractivity contribution in [1.82, 2.24) is 14.8 Å². The van der Waals surface area contributed by atoms with Gasteiger partial charge in [-0.1, -0.05) is 47.5 Å². The van der Waals surface area contributed by atoms with Crippen molar-refractivity contribution in [3.63, 3.8) is 0 Å². The summed E-state index contributed by atoms with van der Waals surface area (Å²) in [5.41, 5.74) is 6.00. The van der Waals surface area contributed by atoms with E-state index in [4.69, 9.17) is 25.8 Å². The van der Waals surface area contributed by atoms with E-state index in [-0.39, 0.29) is 6.04 Å². The Morgan fingerprint density at radius 3 is 2.49 bits per heavy atom. The zero-order chi connectivity index (χ0) is 24.1. The van der Waals surface area contributed by atoms with Crippen molar-refractivity contribution in [3.8, 4) is 17.2 Å². The van der Waals surface area contributed by atoms with Crippen LogP contribution in [0.3, 0.4) is 0 Å². The summed E-state index contributed by atoms with van der Waals surface area (Å²) in [4.78, 5) is 4.48. The first kappa shape index (κ1) is 21.6. The third-order valence-corrected chi connectivity index (χ3v) is 6.71. The van der Waals surface area contributed by atoms with Crippen molar-refractivity contribution in [2.24, 2.45) is 0 Å². The average Bonchev–Trinajstić information content (AvgIpc) is 3.35. The Labute approximate surface area is 207 Å². The molecule has 35 heavy (non-hydrogen) atoms. The zero-order valence-corrected chi connectivity index (χ0v) is 20.2. The van der Waals surface area contributed by atoms with E-state index in [1.165, 1.54) is 5.56 Å². The van der Waals surface area contributed by atoms with E-state index in [0.29, 0.717) is 22.5 Å². The number of ether oxygens (including phenoxy) is 3. The van der Waals surface area contributed by atoms with Crippen molar-refractivity contribution in [2.75, 3.05) is 19.5 Å². The van der Waals surface area contributed by atoms with Gasteiger partial charge in [-0.3, -0.25) is 0 Å². The summed E-state index contributed by atoms with van der Waals surface area (Å²) in [6, 6.07) is 19.7. The maximum Gasteiger partial charge on any atom is 0.226 e. The first-order valence-corrected chi connectivity index (χ1v) is 11.6. The standard InChI is InChI=1S/C27H23ClN4O3/c1-15-4-6-16(7-5-15)25-23-24(31-27-29-14-30-32(25)27)19-13-18(28)9-11-20(19)35-26(23)17-8-10-21(33-2)22(12-17)34-3/h4-14,25-26H,1-3H3,(H,29,30,31)/t25-,26+/m0/s1. The molecule has 6 rings (SSSR count). The van der Waals surface area contributed by atoms with Gasteiger partial charge in [0, 0.05) is 21.7 Å². The number of methoxy groups -OCH3 is 2. The molecule has 1 aromatic heterocycles. The number of hydrogen-bond donors (Lipinski definition) is 1. The van der Waals surface area contributed by atoms with Crippen LogP contribution in [0.1, 0.15) is 34.4 Å². The average molecular weight is 487 g/mol. The Kier molecular flexibility index (Phi) is 5.15. The number of halogens is 1. The van der Waals surface area contributed by atoms with Crippen LogP contribution in [0.15, 0.2) is 72.6 Å². The molecule has 0 saturated heterocycles. The molecule has 0 aliphatic carbocycles. The van der Waals surface area contributed by atoms with Gasteiger partial charge in [0.1, 0.15) is 24.2 Å². The van der Waals surface area contributed by atoms with Crippen LogP contribution >= 0.6 is 11.6 Å². The number of hydrogen-bond acceptors (Lipinski definition) is 6. The highest BCUT2D eigenvalue weighted by Gasteiger charge is 2.41. The fraction of sp³-hybridized carbons (Fsp3) is 0.185. The summed E-state index contributed by atoms with van der Waals surface area (Å²) in [6.45, 7) is 2.08. The van der Waals surface area contributed by atoms with E-state index in [0.717, 1.165) is 33.7 Å². The summed E-state index contributed by atoms with van der Waals surface area (Å²) >= 11 is 6.41. The first-order chi connectivity index (χ1) is 17.1. The molecule has 0 amide bonds. The summed E-state index contributed by atoms with van der Waals surface area (Å²) < 4.78 is 19.6. The van der Waals surface area contributed by atoms with Crippen LogP contribution in [0, 0.1) is 6.92 Å². The normalized spacial score (nSPS) is 18.1. The van der Waals surface area contributed by atoms with Gasteiger partial charge in [-0.15, -0.1) is 0 Å². The third-order valence-electron chi connectivity index (χ3n) is 6.48. The van der Waals surface area contributed by atoms with Crippen molar-refractivity contribution in [3.05, 3.63) is 99.8 Å². The quantitative estimate of drug-likeness (QED) is 0.392. The van der Waals surface area contributed by atoms with Gasteiger partial charge in [0.05, 0.1) is 19.9 Å². The van der Waals surface area contributed by atoms with Crippen LogP contribution < -0.4 is 19.5 Å². The topological polar surface area (TPSA) is 70.4 Å². The Bertz CT molecular complexity index is 1460. The molecule has 0 fully saturated rings. The van der Waals surface area contributed by atoms with E-state index < -0.39 is 6.10 Å². The van der Waals surface area contributed by atoms with E-state index >= 15 is 0 Å². The highest BCUT2D eigenvalue weighted by Crippen LogP contribution is 2.51. The van der Waals surface area contributed by atoms with Crippen molar-refractivity contribution >= 4 is 23.2 Å². The molecule has 0 bridgehead atoms. The lowest BCUT2D eigenvalue weighted by Crippen LogP contribution is -2.32.